The van der Waals surface area contributed by atoms with Crippen LogP contribution in [0.15, 0.2) is 0 Å². The molecule has 13 heavy (non-hydrogen) atoms. The minimum Gasteiger partial charge on any atom is -0.313 e. The van der Waals surface area contributed by atoms with E-state index in [0.29, 0.717) is 0 Å². The maximum absolute atomic E-state index is 3.65. The summed E-state index contributed by atoms with van der Waals surface area (Å²) in [6, 6.07) is 0.782. The van der Waals surface area contributed by atoms with Gasteiger partial charge >= 0.3 is 0 Å². The van der Waals surface area contributed by atoms with Gasteiger partial charge in [0.05, 0.1) is 0 Å². The molecule has 0 aromatic heterocycles. The number of likely N-dealkylation sites (N-methyl/N-ethyl adjacent to an activating group) is 1. The molecule has 2 heteroatoms. The van der Waals surface area contributed by atoms with E-state index in [1.165, 1.54) is 51.7 Å². The van der Waals surface area contributed by atoms with Gasteiger partial charge in [-0.15, -0.1) is 0 Å². The van der Waals surface area contributed by atoms with Crippen LogP contribution in [-0.2, 0) is 0 Å². The molecule has 2 rings (SSSR count). The van der Waals surface area contributed by atoms with E-state index in [9.17, 15) is 0 Å². The molecule has 0 aromatic carbocycles. The van der Waals surface area contributed by atoms with Crippen molar-refractivity contribution < 1.29 is 0 Å². The fourth-order valence-electron chi connectivity index (χ4n) is 2.21. The second-order valence-corrected chi connectivity index (χ2v) is 4.79. The average Bonchev–Trinajstić information content (AvgIpc) is 2.84. The van der Waals surface area contributed by atoms with Crippen molar-refractivity contribution in [1.29, 1.82) is 0 Å². The van der Waals surface area contributed by atoms with Crippen molar-refractivity contribution >= 4 is 0 Å². The molecule has 2 nitrogen and oxygen atoms in total. The molecule has 1 saturated heterocycles. The van der Waals surface area contributed by atoms with Crippen LogP contribution >= 0.6 is 0 Å². The summed E-state index contributed by atoms with van der Waals surface area (Å²) in [6.45, 7) is 3.78. The molecule has 1 heterocycles. The van der Waals surface area contributed by atoms with Gasteiger partial charge in [-0.05, 0) is 45.3 Å². The number of rotatable bonds is 5. The summed E-state index contributed by atoms with van der Waals surface area (Å²) in [5, 5.41) is 3.65. The molecule has 0 aromatic rings. The van der Waals surface area contributed by atoms with E-state index in [1.54, 1.807) is 0 Å². The van der Waals surface area contributed by atoms with Crippen LogP contribution in [0.2, 0.25) is 0 Å². The maximum atomic E-state index is 3.65. The minimum absolute atomic E-state index is 0.782. The molecule has 0 bridgehead atoms. The Morgan fingerprint density at radius 2 is 2.15 bits per heavy atom. The number of likely N-dealkylation sites (tertiary alicyclic amines) is 1. The Morgan fingerprint density at radius 3 is 2.77 bits per heavy atom. The Labute approximate surface area is 81.7 Å². The van der Waals surface area contributed by atoms with Crippen molar-refractivity contribution in [2.45, 2.75) is 38.1 Å². The predicted octanol–water partition coefficient (Wildman–Crippen LogP) is 1.47. The molecule has 0 amide bonds. The van der Waals surface area contributed by atoms with E-state index >= 15 is 0 Å². The monoisotopic (exact) mass is 182 g/mol. The second-order valence-electron chi connectivity index (χ2n) is 4.79. The molecule has 1 aliphatic carbocycles. The molecule has 76 valence electrons. The van der Waals surface area contributed by atoms with Gasteiger partial charge in [0.2, 0.25) is 0 Å². The minimum atomic E-state index is 0.782. The molecule has 0 spiro atoms. The summed E-state index contributed by atoms with van der Waals surface area (Å²) in [7, 11) is 2.21. The lowest BCUT2D eigenvalue weighted by Crippen LogP contribution is -2.32. The van der Waals surface area contributed by atoms with Crippen LogP contribution in [-0.4, -0.2) is 37.6 Å². The van der Waals surface area contributed by atoms with Gasteiger partial charge in [-0.25, -0.2) is 0 Å². The second kappa shape index (κ2) is 4.43. The lowest BCUT2D eigenvalue weighted by atomic mass is 10.2. The molecule has 1 unspecified atom stereocenters. The largest absolute Gasteiger partial charge is 0.313 e. The Kier molecular flexibility index (Phi) is 3.23. The third kappa shape index (κ3) is 3.28. The average molecular weight is 182 g/mol. The molecule has 1 N–H and O–H groups in total. The SMILES string of the molecule is CN1CCC(NCCCC2CC2)C1. The molecule has 2 fully saturated rings. The number of hydrogen-bond donors (Lipinski definition) is 1. The fraction of sp³-hybridized carbons (Fsp3) is 1.00. The first-order valence-corrected chi connectivity index (χ1v) is 5.76. The van der Waals surface area contributed by atoms with Gasteiger partial charge in [-0.3, -0.25) is 0 Å². The zero-order valence-corrected chi connectivity index (χ0v) is 8.76. The maximum Gasteiger partial charge on any atom is 0.0207 e. The van der Waals surface area contributed by atoms with Crippen LogP contribution < -0.4 is 5.32 Å². The zero-order valence-electron chi connectivity index (χ0n) is 8.76. The third-order valence-electron chi connectivity index (χ3n) is 3.31. The Hall–Kier alpha value is -0.0800. The van der Waals surface area contributed by atoms with Gasteiger partial charge in [-0.2, -0.15) is 0 Å². The quantitative estimate of drug-likeness (QED) is 0.648. The highest BCUT2D eigenvalue weighted by molar-refractivity contribution is 4.79. The van der Waals surface area contributed by atoms with E-state index in [1.807, 2.05) is 0 Å². The van der Waals surface area contributed by atoms with Crippen molar-refractivity contribution in [3.8, 4) is 0 Å². The lowest BCUT2D eigenvalue weighted by Gasteiger charge is -2.12. The molecule has 1 atom stereocenters. The highest BCUT2D eigenvalue weighted by Crippen LogP contribution is 2.33. The van der Waals surface area contributed by atoms with E-state index in [0.717, 1.165) is 12.0 Å². The molecule has 0 radical (unpaired) electrons. The van der Waals surface area contributed by atoms with Crippen LogP contribution in [0, 0.1) is 5.92 Å². The van der Waals surface area contributed by atoms with Gasteiger partial charge in [0.25, 0.3) is 0 Å². The normalized spacial score (nSPS) is 29.8. The summed E-state index contributed by atoms with van der Waals surface area (Å²) < 4.78 is 0. The van der Waals surface area contributed by atoms with Gasteiger partial charge in [-0.1, -0.05) is 12.8 Å². The standard InChI is InChI=1S/C11H22N2/c1-13-8-6-11(9-13)12-7-2-3-10-4-5-10/h10-12H,2-9H2,1H3. The summed E-state index contributed by atoms with van der Waals surface area (Å²) in [5.41, 5.74) is 0. The van der Waals surface area contributed by atoms with Gasteiger partial charge < -0.3 is 10.2 Å². The van der Waals surface area contributed by atoms with E-state index < -0.39 is 0 Å². The number of nitrogens with zero attached hydrogens (tertiary/aromatic N) is 1. The first-order chi connectivity index (χ1) is 6.34. The highest BCUT2D eigenvalue weighted by atomic mass is 15.2. The van der Waals surface area contributed by atoms with Gasteiger partial charge in [0.1, 0.15) is 0 Å². The van der Waals surface area contributed by atoms with Crippen LogP contribution in [0.5, 0.6) is 0 Å². The Morgan fingerprint density at radius 1 is 1.31 bits per heavy atom. The topological polar surface area (TPSA) is 15.3 Å². The van der Waals surface area contributed by atoms with Crippen molar-refractivity contribution in [3.63, 3.8) is 0 Å². The highest BCUT2D eigenvalue weighted by Gasteiger charge is 2.21. The van der Waals surface area contributed by atoms with Crippen LogP contribution in [0.3, 0.4) is 0 Å². The molecular formula is C11H22N2. The first kappa shape index (κ1) is 9.47. The lowest BCUT2D eigenvalue weighted by molar-refractivity contribution is 0.396. The van der Waals surface area contributed by atoms with Crippen molar-refractivity contribution in [2.24, 2.45) is 5.92 Å². The summed E-state index contributed by atoms with van der Waals surface area (Å²) in [5.74, 6) is 1.10. The zero-order chi connectivity index (χ0) is 9.10. The molecule has 1 aliphatic heterocycles. The van der Waals surface area contributed by atoms with Gasteiger partial charge in [0.15, 0.2) is 0 Å². The van der Waals surface area contributed by atoms with E-state index in [4.69, 9.17) is 0 Å². The van der Waals surface area contributed by atoms with Crippen LogP contribution in [0.1, 0.15) is 32.1 Å². The molecule has 2 aliphatic rings. The third-order valence-corrected chi connectivity index (χ3v) is 3.31. The summed E-state index contributed by atoms with van der Waals surface area (Å²) >= 11 is 0. The predicted molar refractivity (Wildman–Crippen MR) is 55.9 cm³/mol. The van der Waals surface area contributed by atoms with Gasteiger partial charge in [0, 0.05) is 12.6 Å². The summed E-state index contributed by atoms with van der Waals surface area (Å²) in [4.78, 5) is 2.42. The van der Waals surface area contributed by atoms with Crippen molar-refractivity contribution in [2.75, 3.05) is 26.7 Å². The van der Waals surface area contributed by atoms with Crippen molar-refractivity contribution in [1.82, 2.24) is 10.2 Å². The Bertz CT molecular complexity index is 154. The fourth-order valence-corrected chi connectivity index (χ4v) is 2.21. The van der Waals surface area contributed by atoms with Crippen LogP contribution in [0.25, 0.3) is 0 Å². The van der Waals surface area contributed by atoms with E-state index in [2.05, 4.69) is 17.3 Å². The number of nitrogens with one attached hydrogen (secondary N) is 1. The molecular weight excluding hydrogens is 160 g/mol. The smallest absolute Gasteiger partial charge is 0.0207 e. The molecule has 1 saturated carbocycles. The van der Waals surface area contributed by atoms with Crippen LogP contribution in [0.4, 0.5) is 0 Å². The van der Waals surface area contributed by atoms with E-state index in [-0.39, 0.29) is 0 Å². The number of hydrogen-bond acceptors (Lipinski definition) is 2. The first-order valence-electron chi connectivity index (χ1n) is 5.76. The Balaban J connectivity index is 1.47. The van der Waals surface area contributed by atoms with Crippen molar-refractivity contribution in [3.05, 3.63) is 0 Å². The summed E-state index contributed by atoms with van der Waals surface area (Å²) in [6.07, 6.45) is 7.22.